The molecule has 0 saturated carbocycles. The van der Waals surface area contributed by atoms with Crippen molar-refractivity contribution in [3.8, 4) is 6.07 Å². The van der Waals surface area contributed by atoms with Crippen molar-refractivity contribution >= 4 is 0 Å². The van der Waals surface area contributed by atoms with Crippen molar-refractivity contribution in [2.24, 2.45) is 5.92 Å². The van der Waals surface area contributed by atoms with Crippen molar-refractivity contribution < 1.29 is 0 Å². The molecule has 1 rings (SSSR count). The number of nitriles is 1. The Morgan fingerprint density at radius 2 is 1.94 bits per heavy atom. The van der Waals surface area contributed by atoms with E-state index in [9.17, 15) is 0 Å². The van der Waals surface area contributed by atoms with Gasteiger partial charge in [-0.25, -0.2) is 0 Å². The molecule has 0 saturated heterocycles. The Morgan fingerprint density at radius 1 is 1.25 bits per heavy atom. The van der Waals surface area contributed by atoms with Gasteiger partial charge < -0.3 is 5.32 Å². The van der Waals surface area contributed by atoms with E-state index in [-0.39, 0.29) is 5.92 Å². The van der Waals surface area contributed by atoms with Gasteiger partial charge in [-0.05, 0) is 31.4 Å². The van der Waals surface area contributed by atoms with Crippen LogP contribution in [0.1, 0.15) is 31.7 Å². The van der Waals surface area contributed by atoms with Crippen LogP contribution in [0.15, 0.2) is 30.3 Å². The summed E-state index contributed by atoms with van der Waals surface area (Å²) >= 11 is 0. The molecule has 1 aromatic carbocycles. The van der Waals surface area contributed by atoms with E-state index in [1.165, 1.54) is 5.56 Å². The highest BCUT2D eigenvalue weighted by atomic mass is 14.8. The first-order valence-electron chi connectivity index (χ1n) is 5.89. The minimum Gasteiger partial charge on any atom is -0.315 e. The van der Waals surface area contributed by atoms with Gasteiger partial charge in [-0.3, -0.25) is 0 Å². The fourth-order valence-electron chi connectivity index (χ4n) is 1.63. The fraction of sp³-hybridized carbons (Fsp3) is 0.500. The van der Waals surface area contributed by atoms with Crippen molar-refractivity contribution in [1.82, 2.24) is 5.32 Å². The van der Waals surface area contributed by atoms with Crippen LogP contribution in [0, 0.1) is 17.2 Å². The van der Waals surface area contributed by atoms with E-state index in [2.05, 4.69) is 42.6 Å². The molecule has 16 heavy (non-hydrogen) atoms. The summed E-state index contributed by atoms with van der Waals surface area (Å²) in [5.41, 5.74) is 1.39. The quantitative estimate of drug-likeness (QED) is 0.742. The molecule has 0 aliphatic carbocycles. The van der Waals surface area contributed by atoms with Gasteiger partial charge >= 0.3 is 0 Å². The topological polar surface area (TPSA) is 35.8 Å². The number of hydrogen-bond donors (Lipinski definition) is 1. The third kappa shape index (κ3) is 4.46. The summed E-state index contributed by atoms with van der Waals surface area (Å²) in [6, 6.07) is 12.8. The molecule has 0 fully saturated rings. The molecule has 2 heteroatoms. The van der Waals surface area contributed by atoms with E-state index >= 15 is 0 Å². The van der Waals surface area contributed by atoms with Gasteiger partial charge in [-0.2, -0.15) is 5.26 Å². The molecule has 2 nitrogen and oxygen atoms in total. The lowest BCUT2D eigenvalue weighted by molar-refractivity contribution is 0.556. The molecular weight excluding hydrogens is 196 g/mol. The molecule has 0 bridgehead atoms. The summed E-state index contributed by atoms with van der Waals surface area (Å²) in [7, 11) is 0. The maximum Gasteiger partial charge on any atom is 0.0666 e. The smallest absolute Gasteiger partial charge is 0.0666 e. The largest absolute Gasteiger partial charge is 0.315 e. The van der Waals surface area contributed by atoms with E-state index in [1.54, 1.807) is 0 Å². The van der Waals surface area contributed by atoms with Crippen LogP contribution in [-0.2, 0) is 0 Å². The monoisotopic (exact) mass is 216 g/mol. The molecule has 0 unspecified atom stereocenters. The summed E-state index contributed by atoms with van der Waals surface area (Å²) in [5, 5.41) is 11.9. The van der Waals surface area contributed by atoms with Crippen LogP contribution in [0.4, 0.5) is 0 Å². The maximum atomic E-state index is 8.63. The van der Waals surface area contributed by atoms with Crippen molar-refractivity contribution in [3.63, 3.8) is 0 Å². The Balaban J connectivity index is 2.21. The molecule has 86 valence electrons. The normalized spacial score (nSPS) is 14.1. The van der Waals surface area contributed by atoms with Gasteiger partial charge in [0.1, 0.15) is 0 Å². The van der Waals surface area contributed by atoms with E-state index < -0.39 is 0 Å². The second-order valence-corrected chi connectivity index (χ2v) is 4.33. The van der Waals surface area contributed by atoms with Gasteiger partial charge in [-0.15, -0.1) is 0 Å². The van der Waals surface area contributed by atoms with E-state index in [1.807, 2.05) is 13.0 Å². The Bertz CT molecular complexity index is 326. The van der Waals surface area contributed by atoms with Crippen LogP contribution in [0.25, 0.3) is 0 Å². The molecule has 0 amide bonds. The standard InChI is InChI=1S/C14H20N2/c1-12(10-15)11-16-9-8-13(2)14-6-4-3-5-7-14/h3-7,12-13,16H,8-9,11H2,1-2H3/t12-,13+/m1/s1. The lowest BCUT2D eigenvalue weighted by atomic mass is 9.98. The number of nitrogens with one attached hydrogen (secondary N) is 1. The van der Waals surface area contributed by atoms with Crippen LogP contribution in [0.5, 0.6) is 0 Å². The summed E-state index contributed by atoms with van der Waals surface area (Å²) in [4.78, 5) is 0. The number of rotatable bonds is 6. The number of hydrogen-bond acceptors (Lipinski definition) is 2. The van der Waals surface area contributed by atoms with Crippen LogP contribution in [0.2, 0.25) is 0 Å². The van der Waals surface area contributed by atoms with Crippen molar-refractivity contribution in [3.05, 3.63) is 35.9 Å². The van der Waals surface area contributed by atoms with Gasteiger partial charge in [0.25, 0.3) is 0 Å². The van der Waals surface area contributed by atoms with Crippen LogP contribution in [0.3, 0.4) is 0 Å². The summed E-state index contributed by atoms with van der Waals surface area (Å²) < 4.78 is 0. The highest BCUT2D eigenvalue weighted by Gasteiger charge is 2.04. The first-order chi connectivity index (χ1) is 7.74. The molecule has 0 spiro atoms. The van der Waals surface area contributed by atoms with Gasteiger partial charge in [0.05, 0.1) is 12.0 Å². The third-order valence-corrected chi connectivity index (χ3v) is 2.79. The molecule has 0 heterocycles. The zero-order chi connectivity index (χ0) is 11.8. The summed E-state index contributed by atoms with van der Waals surface area (Å²) in [6.07, 6.45) is 1.11. The molecule has 2 atom stereocenters. The number of nitrogens with zero attached hydrogens (tertiary/aromatic N) is 1. The molecular formula is C14H20N2. The van der Waals surface area contributed by atoms with E-state index in [0.717, 1.165) is 19.5 Å². The molecule has 1 aromatic rings. The van der Waals surface area contributed by atoms with Crippen LogP contribution in [-0.4, -0.2) is 13.1 Å². The first-order valence-corrected chi connectivity index (χ1v) is 5.89. The highest BCUT2D eigenvalue weighted by molar-refractivity contribution is 5.18. The average molecular weight is 216 g/mol. The predicted molar refractivity (Wildman–Crippen MR) is 67.1 cm³/mol. The Kier molecular flexibility index (Phi) is 5.60. The fourth-order valence-corrected chi connectivity index (χ4v) is 1.63. The minimum absolute atomic E-state index is 0.104. The molecule has 0 aromatic heterocycles. The second-order valence-electron chi connectivity index (χ2n) is 4.33. The Hall–Kier alpha value is -1.33. The van der Waals surface area contributed by atoms with Crippen molar-refractivity contribution in [2.75, 3.05) is 13.1 Å². The Morgan fingerprint density at radius 3 is 2.56 bits per heavy atom. The van der Waals surface area contributed by atoms with Crippen LogP contribution < -0.4 is 5.32 Å². The zero-order valence-electron chi connectivity index (χ0n) is 10.1. The zero-order valence-corrected chi connectivity index (χ0v) is 10.1. The van der Waals surface area contributed by atoms with Gasteiger partial charge in [0.2, 0.25) is 0 Å². The third-order valence-electron chi connectivity index (χ3n) is 2.79. The second kappa shape index (κ2) is 7.03. The van der Waals surface area contributed by atoms with E-state index in [4.69, 9.17) is 5.26 Å². The maximum absolute atomic E-state index is 8.63. The minimum atomic E-state index is 0.104. The number of benzene rings is 1. The van der Waals surface area contributed by atoms with E-state index in [0.29, 0.717) is 5.92 Å². The van der Waals surface area contributed by atoms with Gasteiger partial charge in [-0.1, -0.05) is 37.3 Å². The average Bonchev–Trinajstić information content (AvgIpc) is 2.35. The SMILES string of the molecule is C[C@H](C#N)CNCC[C@H](C)c1ccccc1. The van der Waals surface area contributed by atoms with Crippen LogP contribution >= 0.6 is 0 Å². The predicted octanol–water partition coefficient (Wildman–Crippen LogP) is 2.93. The van der Waals surface area contributed by atoms with Gasteiger partial charge in [0, 0.05) is 6.54 Å². The lowest BCUT2D eigenvalue weighted by Gasteiger charge is -2.12. The molecule has 0 aliphatic rings. The highest BCUT2D eigenvalue weighted by Crippen LogP contribution is 2.17. The van der Waals surface area contributed by atoms with Crippen molar-refractivity contribution in [2.45, 2.75) is 26.2 Å². The first kappa shape index (κ1) is 12.7. The lowest BCUT2D eigenvalue weighted by Crippen LogP contribution is -2.22. The molecule has 1 N–H and O–H groups in total. The Labute approximate surface area is 98.3 Å². The van der Waals surface area contributed by atoms with Gasteiger partial charge in [0.15, 0.2) is 0 Å². The summed E-state index contributed by atoms with van der Waals surface area (Å²) in [5.74, 6) is 0.679. The summed E-state index contributed by atoms with van der Waals surface area (Å²) in [6.45, 7) is 5.94. The van der Waals surface area contributed by atoms with Crippen molar-refractivity contribution in [1.29, 1.82) is 5.26 Å². The molecule has 0 aliphatic heterocycles. The molecule has 0 radical (unpaired) electrons.